The summed E-state index contributed by atoms with van der Waals surface area (Å²) in [6.45, 7) is 1.70. The highest BCUT2D eigenvalue weighted by Crippen LogP contribution is 2.12. The Morgan fingerprint density at radius 2 is 1.69 bits per heavy atom. The minimum absolute atomic E-state index is 0.260. The minimum atomic E-state index is -0.887. The molecule has 13 heavy (non-hydrogen) atoms. The zero-order chi connectivity index (χ0) is 10.1. The van der Waals surface area contributed by atoms with Gasteiger partial charge in [-0.05, 0) is 6.42 Å². The summed E-state index contributed by atoms with van der Waals surface area (Å²) in [6.07, 6.45) is 2.19. The molecule has 0 aromatic carbocycles. The van der Waals surface area contributed by atoms with Gasteiger partial charge < -0.3 is 0 Å². The molecule has 0 aliphatic rings. The third kappa shape index (κ3) is 4.39. The predicted octanol–water partition coefficient (Wildman–Crippen LogP) is 2.21. The van der Waals surface area contributed by atoms with Crippen LogP contribution in [0.15, 0.2) is 15.5 Å². The van der Waals surface area contributed by atoms with Crippen molar-refractivity contribution in [1.82, 2.24) is 0 Å². The van der Waals surface area contributed by atoms with Crippen molar-refractivity contribution in [3.63, 3.8) is 0 Å². The lowest BCUT2D eigenvalue weighted by atomic mass is 10.0. The molecular formula is C7H13N3O3. The molecule has 0 rings (SSSR count). The maximum Gasteiger partial charge on any atom is 0.140 e. The van der Waals surface area contributed by atoms with E-state index in [0.717, 1.165) is 12.8 Å². The molecule has 0 spiro atoms. The van der Waals surface area contributed by atoms with Crippen LogP contribution in [0.3, 0.4) is 0 Å². The van der Waals surface area contributed by atoms with Gasteiger partial charge in [0.05, 0.1) is 0 Å². The quantitative estimate of drug-likeness (QED) is 0.545. The van der Waals surface area contributed by atoms with E-state index in [0.29, 0.717) is 6.42 Å². The van der Waals surface area contributed by atoms with Crippen LogP contribution in [-0.2, 0) is 0 Å². The summed E-state index contributed by atoms with van der Waals surface area (Å²) in [5.74, 6) is 0. The van der Waals surface area contributed by atoms with Crippen molar-refractivity contribution in [2.24, 2.45) is 15.5 Å². The second-order valence-electron chi connectivity index (χ2n) is 2.80. The first-order chi connectivity index (χ1) is 6.29. The summed E-state index contributed by atoms with van der Waals surface area (Å²) >= 11 is 0. The molecule has 2 atom stereocenters. The predicted molar refractivity (Wildman–Crippen MR) is 49.4 cm³/mol. The summed E-state index contributed by atoms with van der Waals surface area (Å²) in [6, 6.07) is -1.59. The number of hydrogen-bond donors (Lipinski definition) is 0. The first-order valence-electron chi connectivity index (χ1n) is 4.24. The first-order valence-corrected chi connectivity index (χ1v) is 4.24. The van der Waals surface area contributed by atoms with Gasteiger partial charge in [-0.15, -0.1) is 0 Å². The lowest BCUT2D eigenvalue weighted by Gasteiger charge is -2.10. The van der Waals surface area contributed by atoms with E-state index >= 15 is 0 Å². The fraction of sp³-hybridized carbons (Fsp3) is 1.00. The average Bonchev–Trinajstić information content (AvgIpc) is 2.17. The largest absolute Gasteiger partial charge is 0.151 e. The summed E-state index contributed by atoms with van der Waals surface area (Å²) in [5, 5.41) is 7.98. The van der Waals surface area contributed by atoms with Gasteiger partial charge in [-0.2, -0.15) is 14.7 Å². The molecule has 0 fully saturated rings. The Hall–Kier alpha value is -1.20. The molecule has 0 bridgehead atoms. The number of nitroso groups, excluding NO2 is 3. The van der Waals surface area contributed by atoms with E-state index in [1.165, 1.54) is 0 Å². The van der Waals surface area contributed by atoms with Crippen molar-refractivity contribution in [2.45, 2.75) is 38.3 Å². The van der Waals surface area contributed by atoms with Gasteiger partial charge in [0.25, 0.3) is 0 Å². The van der Waals surface area contributed by atoms with Gasteiger partial charge >= 0.3 is 0 Å². The summed E-state index contributed by atoms with van der Waals surface area (Å²) < 4.78 is 0. The monoisotopic (exact) mass is 187 g/mol. The molecule has 0 aliphatic carbocycles. The molecule has 6 heteroatoms. The average molecular weight is 187 g/mol. The van der Waals surface area contributed by atoms with Gasteiger partial charge in [0, 0.05) is 0 Å². The van der Waals surface area contributed by atoms with Crippen LogP contribution in [-0.4, -0.2) is 18.6 Å². The normalized spacial score (nSPS) is 14.5. The minimum Gasteiger partial charge on any atom is -0.151 e. The lowest BCUT2D eigenvalue weighted by molar-refractivity contribution is 0.483. The molecule has 0 N–H and O–H groups in total. The van der Waals surface area contributed by atoms with Gasteiger partial charge in [-0.1, -0.05) is 35.3 Å². The number of hydrogen-bond acceptors (Lipinski definition) is 6. The maximum absolute atomic E-state index is 10.3. The third-order valence-corrected chi connectivity index (χ3v) is 1.83. The Morgan fingerprint density at radius 3 is 2.08 bits per heavy atom. The second kappa shape index (κ2) is 7.45. The summed E-state index contributed by atoms with van der Waals surface area (Å²) in [4.78, 5) is 30.4. The van der Waals surface area contributed by atoms with E-state index in [2.05, 4.69) is 15.5 Å². The molecule has 0 saturated heterocycles. The van der Waals surface area contributed by atoms with E-state index in [1.54, 1.807) is 0 Å². The van der Waals surface area contributed by atoms with Crippen LogP contribution in [0.1, 0.15) is 26.2 Å². The molecule has 6 nitrogen and oxygen atoms in total. The van der Waals surface area contributed by atoms with Gasteiger partial charge in [0.2, 0.25) is 0 Å². The van der Waals surface area contributed by atoms with Crippen LogP contribution >= 0.6 is 0 Å². The lowest BCUT2D eigenvalue weighted by Crippen LogP contribution is -2.24. The zero-order valence-corrected chi connectivity index (χ0v) is 7.55. The van der Waals surface area contributed by atoms with Gasteiger partial charge in [-0.25, -0.2) is 0 Å². The number of unbranched alkanes of at least 4 members (excludes halogenated alkanes) is 1. The van der Waals surface area contributed by atoms with Crippen molar-refractivity contribution < 1.29 is 0 Å². The van der Waals surface area contributed by atoms with E-state index < -0.39 is 12.1 Å². The van der Waals surface area contributed by atoms with E-state index in [-0.39, 0.29) is 6.54 Å². The zero-order valence-electron chi connectivity index (χ0n) is 7.55. The molecule has 74 valence electrons. The fourth-order valence-corrected chi connectivity index (χ4v) is 1.03. The Kier molecular flexibility index (Phi) is 6.76. The van der Waals surface area contributed by atoms with Crippen LogP contribution in [0.4, 0.5) is 0 Å². The Balaban J connectivity index is 4.06. The topological polar surface area (TPSA) is 88.3 Å². The third-order valence-electron chi connectivity index (χ3n) is 1.83. The Labute approximate surface area is 76.0 Å². The van der Waals surface area contributed by atoms with Gasteiger partial charge in [-0.3, -0.25) is 0 Å². The molecule has 0 aliphatic heterocycles. The Bertz CT molecular complexity index is 174. The maximum atomic E-state index is 10.3. The van der Waals surface area contributed by atoms with Crippen LogP contribution in [0.5, 0.6) is 0 Å². The molecular weight excluding hydrogens is 174 g/mol. The van der Waals surface area contributed by atoms with E-state index in [1.807, 2.05) is 6.92 Å². The van der Waals surface area contributed by atoms with Crippen LogP contribution in [0.2, 0.25) is 0 Å². The van der Waals surface area contributed by atoms with Crippen LogP contribution in [0, 0.1) is 14.7 Å². The molecule has 0 aromatic heterocycles. The van der Waals surface area contributed by atoms with Crippen molar-refractivity contribution in [3.05, 3.63) is 14.7 Å². The number of rotatable bonds is 8. The molecule has 2 unspecified atom stereocenters. The Morgan fingerprint density at radius 1 is 1.08 bits per heavy atom. The van der Waals surface area contributed by atoms with E-state index in [4.69, 9.17) is 0 Å². The standard InChI is InChI=1S/C7H13N3O3/c1-2-3-4-6(9-12)7(10-13)5-8-11/h6-7H,2-5H2,1H3. The molecule has 0 amide bonds. The first kappa shape index (κ1) is 11.8. The number of nitrogens with zero attached hydrogens (tertiary/aromatic N) is 3. The van der Waals surface area contributed by atoms with E-state index in [9.17, 15) is 14.7 Å². The molecule has 0 aromatic rings. The highest BCUT2D eigenvalue weighted by molar-refractivity contribution is 4.83. The highest BCUT2D eigenvalue weighted by atomic mass is 16.3. The van der Waals surface area contributed by atoms with Gasteiger partial charge in [0.15, 0.2) is 0 Å². The smallest absolute Gasteiger partial charge is 0.140 e. The second-order valence-corrected chi connectivity index (χ2v) is 2.80. The fourth-order valence-electron chi connectivity index (χ4n) is 1.03. The van der Waals surface area contributed by atoms with Crippen LogP contribution < -0.4 is 0 Å². The van der Waals surface area contributed by atoms with Crippen molar-refractivity contribution >= 4 is 0 Å². The van der Waals surface area contributed by atoms with Crippen molar-refractivity contribution in [2.75, 3.05) is 6.54 Å². The van der Waals surface area contributed by atoms with Crippen molar-refractivity contribution in [3.8, 4) is 0 Å². The van der Waals surface area contributed by atoms with Gasteiger partial charge in [0.1, 0.15) is 18.6 Å². The SMILES string of the molecule is CCCCC(N=O)C(CN=O)N=O. The van der Waals surface area contributed by atoms with Crippen molar-refractivity contribution in [1.29, 1.82) is 0 Å². The molecule has 0 radical (unpaired) electrons. The summed E-state index contributed by atoms with van der Waals surface area (Å²) in [5.41, 5.74) is 0. The molecule has 0 saturated carbocycles. The highest BCUT2D eigenvalue weighted by Gasteiger charge is 2.23. The summed E-state index contributed by atoms with van der Waals surface area (Å²) in [7, 11) is 0. The molecule has 0 heterocycles. The van der Waals surface area contributed by atoms with Crippen LogP contribution in [0.25, 0.3) is 0 Å².